The van der Waals surface area contributed by atoms with E-state index in [1.165, 1.54) is 50.6 Å². The Labute approximate surface area is 166 Å². The van der Waals surface area contributed by atoms with Crippen LogP contribution in [0.4, 0.5) is 5.69 Å². The SMILES string of the molecule is O=[N+]([O-])c1ccc(CCN2CC[C@@]34CCCC[C@H]3[C@@H]2Cc2ccccc24)cc1. The predicted molar refractivity (Wildman–Crippen MR) is 111 cm³/mol. The van der Waals surface area contributed by atoms with E-state index < -0.39 is 0 Å². The molecule has 0 unspecified atom stereocenters. The third-order valence-corrected chi connectivity index (χ3v) is 7.69. The van der Waals surface area contributed by atoms with Crippen molar-refractivity contribution in [1.82, 2.24) is 4.90 Å². The number of likely N-dealkylation sites (tertiary alicyclic amines) is 1. The molecule has 1 heterocycles. The van der Waals surface area contributed by atoms with Gasteiger partial charge in [0.15, 0.2) is 0 Å². The minimum Gasteiger partial charge on any atom is -0.299 e. The van der Waals surface area contributed by atoms with E-state index in [0.717, 1.165) is 18.9 Å². The first-order valence-electron chi connectivity index (χ1n) is 10.7. The Morgan fingerprint density at radius 2 is 1.89 bits per heavy atom. The largest absolute Gasteiger partial charge is 0.299 e. The smallest absolute Gasteiger partial charge is 0.269 e. The van der Waals surface area contributed by atoms with Gasteiger partial charge in [0.1, 0.15) is 0 Å². The van der Waals surface area contributed by atoms with Crippen molar-refractivity contribution in [3.63, 3.8) is 0 Å². The Morgan fingerprint density at radius 3 is 2.71 bits per heavy atom. The van der Waals surface area contributed by atoms with Crippen molar-refractivity contribution in [3.05, 3.63) is 75.3 Å². The molecule has 28 heavy (non-hydrogen) atoms. The number of non-ortho nitro benzene ring substituents is 1. The third-order valence-electron chi connectivity index (χ3n) is 7.69. The van der Waals surface area contributed by atoms with Gasteiger partial charge in [0, 0.05) is 30.1 Å². The number of hydrogen-bond donors (Lipinski definition) is 0. The van der Waals surface area contributed by atoms with Gasteiger partial charge in [0.05, 0.1) is 4.92 Å². The molecule has 0 spiro atoms. The van der Waals surface area contributed by atoms with Crippen LogP contribution in [0, 0.1) is 16.0 Å². The first-order chi connectivity index (χ1) is 13.7. The summed E-state index contributed by atoms with van der Waals surface area (Å²) in [6, 6.07) is 17.0. The highest BCUT2D eigenvalue weighted by Gasteiger charge is 2.53. The zero-order chi connectivity index (χ0) is 19.1. The summed E-state index contributed by atoms with van der Waals surface area (Å²) >= 11 is 0. The van der Waals surface area contributed by atoms with Crippen molar-refractivity contribution in [2.75, 3.05) is 13.1 Å². The van der Waals surface area contributed by atoms with Gasteiger partial charge in [0.25, 0.3) is 5.69 Å². The van der Waals surface area contributed by atoms with E-state index in [1.54, 1.807) is 23.3 Å². The zero-order valence-electron chi connectivity index (χ0n) is 16.3. The lowest BCUT2D eigenvalue weighted by Gasteiger charge is -2.59. The Kier molecular flexibility index (Phi) is 4.47. The van der Waals surface area contributed by atoms with Crippen molar-refractivity contribution >= 4 is 5.69 Å². The minimum atomic E-state index is -0.323. The maximum Gasteiger partial charge on any atom is 0.269 e. The highest BCUT2D eigenvalue weighted by molar-refractivity contribution is 5.41. The molecule has 1 saturated heterocycles. The zero-order valence-corrected chi connectivity index (χ0v) is 16.3. The molecule has 3 atom stereocenters. The number of benzene rings is 2. The van der Waals surface area contributed by atoms with Crippen LogP contribution in [0.3, 0.4) is 0 Å². The molecule has 2 aromatic rings. The van der Waals surface area contributed by atoms with Gasteiger partial charge in [-0.25, -0.2) is 0 Å². The summed E-state index contributed by atoms with van der Waals surface area (Å²) in [6.07, 6.45) is 8.92. The van der Waals surface area contributed by atoms with Gasteiger partial charge in [-0.05, 0) is 61.3 Å². The van der Waals surface area contributed by atoms with Crippen molar-refractivity contribution in [1.29, 1.82) is 0 Å². The summed E-state index contributed by atoms with van der Waals surface area (Å²) in [5, 5.41) is 10.9. The summed E-state index contributed by atoms with van der Waals surface area (Å²) < 4.78 is 0. The maximum absolute atomic E-state index is 10.9. The average molecular weight is 376 g/mol. The topological polar surface area (TPSA) is 46.4 Å². The van der Waals surface area contributed by atoms with E-state index in [-0.39, 0.29) is 10.6 Å². The summed E-state index contributed by atoms with van der Waals surface area (Å²) in [5.41, 5.74) is 5.03. The highest BCUT2D eigenvalue weighted by Crippen LogP contribution is 2.55. The van der Waals surface area contributed by atoms with Crippen LogP contribution in [0.15, 0.2) is 48.5 Å². The van der Waals surface area contributed by atoms with E-state index in [0.29, 0.717) is 11.5 Å². The Morgan fingerprint density at radius 1 is 1.07 bits per heavy atom. The van der Waals surface area contributed by atoms with Crippen molar-refractivity contribution in [2.45, 2.75) is 56.4 Å². The molecule has 2 aliphatic carbocycles. The fourth-order valence-corrected chi connectivity index (χ4v) is 6.39. The number of fused-ring (bicyclic) bond motifs is 1. The third kappa shape index (κ3) is 2.86. The van der Waals surface area contributed by atoms with Gasteiger partial charge in [-0.15, -0.1) is 0 Å². The van der Waals surface area contributed by atoms with Crippen LogP contribution in [0.25, 0.3) is 0 Å². The number of rotatable bonds is 4. The first-order valence-corrected chi connectivity index (χ1v) is 10.7. The molecule has 0 aromatic heterocycles. The molecule has 3 aliphatic rings. The monoisotopic (exact) mass is 376 g/mol. The Hall–Kier alpha value is -2.20. The van der Waals surface area contributed by atoms with Crippen LogP contribution < -0.4 is 0 Å². The number of nitro groups is 1. The predicted octanol–water partition coefficient (Wildman–Crippen LogP) is 4.90. The molecule has 0 N–H and O–H groups in total. The van der Waals surface area contributed by atoms with Crippen LogP contribution in [-0.4, -0.2) is 29.0 Å². The fraction of sp³-hybridized carbons (Fsp3) is 0.500. The molecule has 2 aromatic carbocycles. The van der Waals surface area contributed by atoms with Gasteiger partial charge < -0.3 is 0 Å². The lowest BCUT2D eigenvalue weighted by Crippen LogP contribution is -2.61. The molecular weight excluding hydrogens is 348 g/mol. The number of hydrogen-bond acceptors (Lipinski definition) is 3. The van der Waals surface area contributed by atoms with E-state index in [9.17, 15) is 10.1 Å². The second kappa shape index (κ2) is 7.00. The Bertz CT molecular complexity index is 878. The second-order valence-electron chi connectivity index (χ2n) is 8.90. The maximum atomic E-state index is 10.9. The van der Waals surface area contributed by atoms with E-state index in [1.807, 2.05) is 12.1 Å². The summed E-state index contributed by atoms with van der Waals surface area (Å²) in [7, 11) is 0. The lowest BCUT2D eigenvalue weighted by atomic mass is 9.52. The van der Waals surface area contributed by atoms with Crippen LogP contribution in [0.2, 0.25) is 0 Å². The molecule has 4 heteroatoms. The van der Waals surface area contributed by atoms with Gasteiger partial charge in [0.2, 0.25) is 0 Å². The molecule has 2 fully saturated rings. The number of piperidine rings is 1. The quantitative estimate of drug-likeness (QED) is 0.563. The van der Waals surface area contributed by atoms with Crippen molar-refractivity contribution in [2.24, 2.45) is 5.92 Å². The van der Waals surface area contributed by atoms with Crippen molar-refractivity contribution < 1.29 is 4.92 Å². The van der Waals surface area contributed by atoms with Gasteiger partial charge in [-0.1, -0.05) is 49.2 Å². The van der Waals surface area contributed by atoms with Gasteiger partial charge in [-0.2, -0.15) is 0 Å². The normalized spacial score (nSPS) is 29.0. The molecule has 1 aliphatic heterocycles. The lowest BCUT2D eigenvalue weighted by molar-refractivity contribution is -0.384. The molecule has 4 nitrogen and oxygen atoms in total. The molecule has 5 rings (SSSR count). The Balaban J connectivity index is 1.36. The summed E-state index contributed by atoms with van der Waals surface area (Å²) in [4.78, 5) is 13.3. The summed E-state index contributed by atoms with van der Waals surface area (Å²) in [5.74, 6) is 0.793. The molecule has 2 bridgehead atoms. The molecule has 0 radical (unpaired) electrons. The van der Waals surface area contributed by atoms with Crippen LogP contribution in [0.5, 0.6) is 0 Å². The fourth-order valence-electron chi connectivity index (χ4n) is 6.39. The number of nitrogens with zero attached hydrogens (tertiary/aromatic N) is 2. The molecule has 1 saturated carbocycles. The van der Waals surface area contributed by atoms with E-state index in [4.69, 9.17) is 0 Å². The average Bonchev–Trinajstić information content (AvgIpc) is 2.73. The standard InChI is InChI=1S/C24H28N2O2/c27-26(28)20-10-8-18(9-11-20)12-15-25-16-14-24-13-4-3-7-22(24)23(25)17-19-5-1-2-6-21(19)24/h1-2,5-6,8-11,22-23H,3-4,7,12-17H2/t22-,23-,24+/m0/s1. The van der Waals surface area contributed by atoms with Crippen LogP contribution >= 0.6 is 0 Å². The van der Waals surface area contributed by atoms with Gasteiger partial charge in [-0.3, -0.25) is 15.0 Å². The second-order valence-corrected chi connectivity index (χ2v) is 8.90. The minimum absolute atomic E-state index is 0.178. The summed E-state index contributed by atoms with van der Waals surface area (Å²) in [6.45, 7) is 2.24. The van der Waals surface area contributed by atoms with Gasteiger partial charge >= 0.3 is 0 Å². The van der Waals surface area contributed by atoms with Crippen LogP contribution in [-0.2, 0) is 18.3 Å². The highest BCUT2D eigenvalue weighted by atomic mass is 16.6. The van der Waals surface area contributed by atoms with E-state index >= 15 is 0 Å². The molecular formula is C24H28N2O2. The number of nitro benzene ring substituents is 1. The van der Waals surface area contributed by atoms with E-state index in [2.05, 4.69) is 29.2 Å². The molecule has 146 valence electrons. The molecule has 0 amide bonds. The van der Waals surface area contributed by atoms with Crippen molar-refractivity contribution in [3.8, 4) is 0 Å². The van der Waals surface area contributed by atoms with Crippen LogP contribution in [0.1, 0.15) is 48.8 Å². The first kappa shape index (κ1) is 17.9.